The Bertz CT molecular complexity index is 815. The van der Waals surface area contributed by atoms with E-state index in [2.05, 4.69) is 5.32 Å². The summed E-state index contributed by atoms with van der Waals surface area (Å²) in [6.45, 7) is 3.41. The highest BCUT2D eigenvalue weighted by molar-refractivity contribution is 6.30. The van der Waals surface area contributed by atoms with Gasteiger partial charge in [0, 0.05) is 11.1 Å². The number of anilines is 1. The lowest BCUT2D eigenvalue weighted by Crippen LogP contribution is -2.29. The first kappa shape index (κ1) is 19.5. The van der Waals surface area contributed by atoms with E-state index in [1.54, 1.807) is 42.5 Å². The van der Waals surface area contributed by atoms with E-state index in [1.807, 2.05) is 13.0 Å². The molecule has 0 spiro atoms. The number of halogens is 1. The summed E-state index contributed by atoms with van der Waals surface area (Å²) < 4.78 is 10.3. The minimum Gasteiger partial charge on any atom is -0.495 e. The minimum absolute atomic E-state index is 0.442. The zero-order valence-corrected chi connectivity index (χ0v) is 15.5. The number of hydrogen-bond acceptors (Lipinski definition) is 4. The normalized spacial score (nSPS) is 11.8. The summed E-state index contributed by atoms with van der Waals surface area (Å²) in [5.41, 5.74) is 2.29. The van der Waals surface area contributed by atoms with Gasteiger partial charge in [0.25, 0.3) is 5.91 Å². The molecule has 0 fully saturated rings. The fourth-order valence-electron chi connectivity index (χ4n) is 2.16. The van der Waals surface area contributed by atoms with Crippen LogP contribution in [0, 0.1) is 6.92 Å². The number of hydrogen-bond donors (Lipinski definition) is 1. The monoisotopic (exact) mass is 373 g/mol. The van der Waals surface area contributed by atoms with Gasteiger partial charge in [0.2, 0.25) is 0 Å². The fourth-order valence-corrected chi connectivity index (χ4v) is 2.29. The lowest BCUT2D eigenvalue weighted by molar-refractivity contribution is -0.148. The van der Waals surface area contributed by atoms with E-state index in [0.717, 1.165) is 11.1 Å². The molecule has 6 heteroatoms. The quantitative estimate of drug-likeness (QED) is 0.607. The lowest BCUT2D eigenvalue weighted by Gasteiger charge is -2.15. The molecule has 2 aromatic rings. The molecule has 1 atom stereocenters. The van der Waals surface area contributed by atoms with Gasteiger partial charge in [-0.3, -0.25) is 4.79 Å². The number of nitrogens with one attached hydrogen (secondary N) is 1. The number of rotatable bonds is 6. The van der Waals surface area contributed by atoms with Crippen molar-refractivity contribution in [1.29, 1.82) is 0 Å². The van der Waals surface area contributed by atoms with Gasteiger partial charge >= 0.3 is 5.97 Å². The van der Waals surface area contributed by atoms with Crippen molar-refractivity contribution in [3.63, 3.8) is 0 Å². The summed E-state index contributed by atoms with van der Waals surface area (Å²) in [5.74, 6) is -0.522. The van der Waals surface area contributed by atoms with Gasteiger partial charge in [-0.15, -0.1) is 0 Å². The zero-order chi connectivity index (χ0) is 19.1. The smallest absolute Gasteiger partial charge is 0.331 e. The molecule has 0 aromatic heterocycles. The van der Waals surface area contributed by atoms with Gasteiger partial charge in [-0.2, -0.15) is 0 Å². The van der Waals surface area contributed by atoms with Crippen molar-refractivity contribution in [2.24, 2.45) is 0 Å². The van der Waals surface area contributed by atoms with Crippen molar-refractivity contribution in [3.8, 4) is 5.75 Å². The summed E-state index contributed by atoms with van der Waals surface area (Å²) in [6.07, 6.45) is 1.90. The Morgan fingerprint density at radius 1 is 1.15 bits per heavy atom. The predicted octanol–water partition coefficient (Wildman–Crippen LogP) is 4.24. The number of benzene rings is 2. The van der Waals surface area contributed by atoms with Crippen molar-refractivity contribution in [3.05, 3.63) is 64.7 Å². The van der Waals surface area contributed by atoms with Crippen LogP contribution in [0.3, 0.4) is 0 Å². The third-order valence-electron chi connectivity index (χ3n) is 3.56. The van der Waals surface area contributed by atoms with E-state index in [0.29, 0.717) is 16.5 Å². The first-order valence-electron chi connectivity index (χ1n) is 7.99. The molecule has 0 aliphatic rings. The van der Waals surface area contributed by atoms with E-state index in [1.165, 1.54) is 20.1 Å². The zero-order valence-electron chi connectivity index (χ0n) is 14.8. The number of carbonyl (C=O) groups excluding carboxylic acids is 2. The van der Waals surface area contributed by atoms with E-state index in [4.69, 9.17) is 21.1 Å². The molecule has 2 rings (SSSR count). The second-order valence-corrected chi connectivity index (χ2v) is 6.09. The molecule has 0 saturated carbocycles. The molecule has 0 aliphatic carbocycles. The van der Waals surface area contributed by atoms with Crippen molar-refractivity contribution in [2.75, 3.05) is 12.4 Å². The maximum atomic E-state index is 12.3. The van der Waals surface area contributed by atoms with Gasteiger partial charge in [0.05, 0.1) is 12.8 Å². The second-order valence-electron chi connectivity index (χ2n) is 5.66. The average Bonchev–Trinajstić information content (AvgIpc) is 2.61. The Morgan fingerprint density at radius 3 is 2.50 bits per heavy atom. The Balaban J connectivity index is 1.95. The Labute approximate surface area is 157 Å². The van der Waals surface area contributed by atoms with Crippen LogP contribution in [0.1, 0.15) is 18.1 Å². The number of carbonyl (C=O) groups is 2. The Hall–Kier alpha value is -2.79. The molecule has 0 radical (unpaired) electrons. The van der Waals surface area contributed by atoms with Crippen molar-refractivity contribution in [1.82, 2.24) is 0 Å². The van der Waals surface area contributed by atoms with Gasteiger partial charge in [-0.1, -0.05) is 29.8 Å². The van der Waals surface area contributed by atoms with E-state index < -0.39 is 18.0 Å². The lowest BCUT2D eigenvalue weighted by atomic mass is 10.2. The molecule has 1 N–H and O–H groups in total. The van der Waals surface area contributed by atoms with Crippen molar-refractivity contribution >= 4 is 35.2 Å². The molecule has 1 unspecified atom stereocenters. The molecule has 0 saturated heterocycles. The van der Waals surface area contributed by atoms with Gasteiger partial charge < -0.3 is 14.8 Å². The maximum Gasteiger partial charge on any atom is 0.331 e. The molecular formula is C20H20ClNO4. The van der Waals surface area contributed by atoms with Crippen molar-refractivity contribution in [2.45, 2.75) is 20.0 Å². The highest BCUT2D eigenvalue weighted by atomic mass is 35.5. The topological polar surface area (TPSA) is 64.6 Å². The van der Waals surface area contributed by atoms with E-state index in [9.17, 15) is 9.59 Å². The maximum absolute atomic E-state index is 12.3. The van der Waals surface area contributed by atoms with Crippen molar-refractivity contribution < 1.29 is 19.1 Å². The highest BCUT2D eigenvalue weighted by Crippen LogP contribution is 2.25. The first-order chi connectivity index (χ1) is 12.4. The molecule has 136 valence electrons. The summed E-state index contributed by atoms with van der Waals surface area (Å²) >= 11 is 5.81. The molecule has 1 amide bonds. The molecule has 0 heterocycles. The van der Waals surface area contributed by atoms with E-state index >= 15 is 0 Å². The largest absolute Gasteiger partial charge is 0.495 e. The van der Waals surface area contributed by atoms with E-state index in [-0.39, 0.29) is 0 Å². The fraction of sp³-hybridized carbons (Fsp3) is 0.200. The van der Waals surface area contributed by atoms with Crippen LogP contribution in [-0.2, 0) is 14.3 Å². The standard InChI is InChI=1S/C20H20ClNO4/c1-13-4-10-18(25-3)17(12-13)22-20(24)14(2)26-19(23)11-7-15-5-8-16(21)9-6-15/h4-12,14H,1-3H3,(H,22,24)/b11-7+. The van der Waals surface area contributed by atoms with Crippen LogP contribution in [0.25, 0.3) is 6.08 Å². The van der Waals surface area contributed by atoms with Crippen LogP contribution in [0.2, 0.25) is 5.02 Å². The number of aryl methyl sites for hydroxylation is 1. The van der Waals surface area contributed by atoms with Gasteiger partial charge in [0.1, 0.15) is 5.75 Å². The number of esters is 1. The third kappa shape index (κ3) is 5.63. The molecule has 5 nitrogen and oxygen atoms in total. The van der Waals surface area contributed by atoms with Gasteiger partial charge in [0.15, 0.2) is 6.10 Å². The van der Waals surface area contributed by atoms with Crippen LogP contribution >= 0.6 is 11.6 Å². The number of ether oxygens (including phenoxy) is 2. The first-order valence-corrected chi connectivity index (χ1v) is 8.36. The molecular weight excluding hydrogens is 354 g/mol. The number of methoxy groups -OCH3 is 1. The SMILES string of the molecule is COc1ccc(C)cc1NC(=O)C(C)OC(=O)/C=C/c1ccc(Cl)cc1. The van der Waals surface area contributed by atoms with Crippen LogP contribution < -0.4 is 10.1 Å². The summed E-state index contributed by atoms with van der Waals surface area (Å²) in [7, 11) is 1.52. The third-order valence-corrected chi connectivity index (χ3v) is 3.81. The summed E-state index contributed by atoms with van der Waals surface area (Å²) in [6, 6.07) is 12.4. The minimum atomic E-state index is -0.956. The summed E-state index contributed by atoms with van der Waals surface area (Å²) in [5, 5.41) is 3.32. The second kappa shape index (κ2) is 9.06. The highest BCUT2D eigenvalue weighted by Gasteiger charge is 2.18. The molecule has 0 aliphatic heterocycles. The average molecular weight is 374 g/mol. The van der Waals surface area contributed by atoms with Crippen LogP contribution in [0.15, 0.2) is 48.5 Å². The summed E-state index contributed by atoms with van der Waals surface area (Å²) in [4.78, 5) is 24.1. The molecule has 0 bridgehead atoms. The Morgan fingerprint density at radius 2 is 1.85 bits per heavy atom. The van der Waals surface area contributed by atoms with Crippen LogP contribution in [0.4, 0.5) is 5.69 Å². The van der Waals surface area contributed by atoms with Crippen LogP contribution in [0.5, 0.6) is 5.75 Å². The Kier molecular flexibility index (Phi) is 6.81. The molecule has 2 aromatic carbocycles. The number of amides is 1. The molecule has 26 heavy (non-hydrogen) atoms. The van der Waals surface area contributed by atoms with Gasteiger partial charge in [-0.25, -0.2) is 4.79 Å². The van der Waals surface area contributed by atoms with Gasteiger partial charge in [-0.05, 0) is 55.3 Å². The van der Waals surface area contributed by atoms with Crippen LogP contribution in [-0.4, -0.2) is 25.1 Å². The predicted molar refractivity (Wildman–Crippen MR) is 102 cm³/mol.